The summed E-state index contributed by atoms with van der Waals surface area (Å²) in [6.45, 7) is 4.90. The van der Waals surface area contributed by atoms with E-state index in [0.29, 0.717) is 6.54 Å². The molecule has 5 nitrogen and oxygen atoms in total. The average Bonchev–Trinajstić information content (AvgIpc) is 2.85. The molecule has 0 atom stereocenters. The number of aryl methyl sites for hydroxylation is 1. The highest BCUT2D eigenvalue weighted by Gasteiger charge is 2.11. The van der Waals surface area contributed by atoms with Crippen LogP contribution in [0.1, 0.15) is 17.6 Å². The molecule has 0 amide bonds. The Morgan fingerprint density at radius 1 is 1.24 bits per heavy atom. The maximum Gasteiger partial charge on any atom is 0.240 e. The molecule has 2 rings (SSSR count). The molecule has 0 aliphatic carbocycles. The van der Waals surface area contributed by atoms with Gasteiger partial charge in [-0.1, -0.05) is 6.92 Å². The van der Waals surface area contributed by atoms with E-state index in [0.717, 1.165) is 29.4 Å². The predicted octanol–water partition coefficient (Wildman–Crippen LogP) is 2.40. The minimum atomic E-state index is -3.37. The third-order valence-corrected chi connectivity index (χ3v) is 5.26. The molecule has 0 spiro atoms. The van der Waals surface area contributed by atoms with Gasteiger partial charge in [0.2, 0.25) is 10.0 Å². The van der Waals surface area contributed by atoms with Crippen LogP contribution in [0.2, 0.25) is 0 Å². The second kappa shape index (κ2) is 7.02. The number of nitrogens with one attached hydrogen (secondary N) is 2. The van der Waals surface area contributed by atoms with Gasteiger partial charge in [0.15, 0.2) is 0 Å². The van der Waals surface area contributed by atoms with Gasteiger partial charge < -0.3 is 5.32 Å². The Balaban J connectivity index is 1.90. The van der Waals surface area contributed by atoms with E-state index < -0.39 is 10.0 Å². The largest absolute Gasteiger partial charge is 0.385 e. The van der Waals surface area contributed by atoms with Gasteiger partial charge in [-0.15, -0.1) is 11.3 Å². The number of nitrogens with zero attached hydrogens (tertiary/aromatic N) is 1. The molecule has 0 radical (unpaired) electrons. The van der Waals surface area contributed by atoms with E-state index in [1.807, 2.05) is 6.92 Å². The summed E-state index contributed by atoms with van der Waals surface area (Å²) in [5, 5.41) is 6.39. The van der Waals surface area contributed by atoms with Gasteiger partial charge in [-0.25, -0.2) is 18.1 Å². The monoisotopic (exact) mass is 325 g/mol. The molecule has 0 aliphatic heterocycles. The van der Waals surface area contributed by atoms with Gasteiger partial charge in [-0.05, 0) is 31.2 Å². The van der Waals surface area contributed by atoms with E-state index in [4.69, 9.17) is 0 Å². The molecule has 0 saturated carbocycles. The van der Waals surface area contributed by atoms with E-state index in [1.165, 1.54) is 0 Å². The number of thiazole rings is 1. The number of anilines is 1. The molecular formula is C14H19N3O2S2. The Kier molecular flexibility index (Phi) is 5.33. The molecule has 2 aromatic rings. The molecule has 0 bridgehead atoms. The van der Waals surface area contributed by atoms with E-state index in [9.17, 15) is 8.42 Å². The number of benzene rings is 1. The van der Waals surface area contributed by atoms with Crippen LogP contribution in [0.3, 0.4) is 0 Å². The standard InChI is InChI=1S/C14H19N3O2S2/c1-3-16-21(18,19)14-6-4-12(5-7-14)15-9-8-13-10-20-11(2)17-13/h4-7,10,15-16H,3,8-9H2,1-2H3. The average molecular weight is 325 g/mol. The SMILES string of the molecule is CCNS(=O)(=O)c1ccc(NCCc2csc(C)n2)cc1. The highest BCUT2D eigenvalue weighted by molar-refractivity contribution is 7.89. The molecule has 1 aromatic carbocycles. The van der Waals surface area contributed by atoms with Crippen molar-refractivity contribution in [1.29, 1.82) is 0 Å². The minimum absolute atomic E-state index is 0.282. The fourth-order valence-electron chi connectivity index (χ4n) is 1.88. The van der Waals surface area contributed by atoms with Gasteiger partial charge in [0.1, 0.15) is 0 Å². The summed E-state index contributed by atoms with van der Waals surface area (Å²) in [6.07, 6.45) is 0.849. The van der Waals surface area contributed by atoms with Crippen molar-refractivity contribution in [3.63, 3.8) is 0 Å². The highest BCUT2D eigenvalue weighted by Crippen LogP contribution is 2.14. The van der Waals surface area contributed by atoms with E-state index in [2.05, 4.69) is 20.4 Å². The van der Waals surface area contributed by atoms with Crippen molar-refractivity contribution in [2.75, 3.05) is 18.4 Å². The van der Waals surface area contributed by atoms with Crippen LogP contribution in [0.25, 0.3) is 0 Å². The summed E-state index contributed by atoms with van der Waals surface area (Å²) in [5.41, 5.74) is 1.98. The van der Waals surface area contributed by atoms with E-state index in [-0.39, 0.29) is 4.90 Å². The fourth-order valence-corrected chi connectivity index (χ4v) is 3.57. The van der Waals surface area contributed by atoms with Crippen LogP contribution in [-0.2, 0) is 16.4 Å². The summed E-state index contributed by atoms with van der Waals surface area (Å²) in [4.78, 5) is 4.68. The Hall–Kier alpha value is -1.44. The molecule has 1 aromatic heterocycles. The predicted molar refractivity (Wildman–Crippen MR) is 86.3 cm³/mol. The molecule has 2 N–H and O–H groups in total. The first kappa shape index (κ1) is 15.9. The van der Waals surface area contributed by atoms with Gasteiger partial charge in [-0.2, -0.15) is 0 Å². The Labute approximate surface area is 129 Å². The summed E-state index contributed by atoms with van der Waals surface area (Å²) in [7, 11) is -3.37. The van der Waals surface area contributed by atoms with Crippen molar-refractivity contribution in [3.05, 3.63) is 40.3 Å². The van der Waals surface area contributed by atoms with Crippen molar-refractivity contribution in [2.45, 2.75) is 25.2 Å². The Morgan fingerprint density at radius 2 is 1.95 bits per heavy atom. The second-order valence-corrected chi connectivity index (χ2v) is 7.39. The summed E-state index contributed by atoms with van der Waals surface area (Å²) in [6, 6.07) is 6.76. The molecule has 7 heteroatoms. The molecule has 21 heavy (non-hydrogen) atoms. The Morgan fingerprint density at radius 3 is 2.52 bits per heavy atom. The maximum atomic E-state index is 11.8. The molecule has 0 saturated heterocycles. The topological polar surface area (TPSA) is 71.1 Å². The zero-order valence-electron chi connectivity index (χ0n) is 12.1. The first-order valence-corrected chi connectivity index (χ1v) is 9.12. The number of hydrogen-bond donors (Lipinski definition) is 2. The first-order valence-electron chi connectivity index (χ1n) is 6.76. The fraction of sp³-hybridized carbons (Fsp3) is 0.357. The molecule has 0 unspecified atom stereocenters. The van der Waals surface area contributed by atoms with Gasteiger partial charge in [0.05, 0.1) is 15.6 Å². The third kappa shape index (κ3) is 4.52. The molecule has 1 heterocycles. The maximum absolute atomic E-state index is 11.8. The van der Waals surface area contributed by atoms with Gasteiger partial charge in [0.25, 0.3) is 0 Å². The highest BCUT2D eigenvalue weighted by atomic mass is 32.2. The molecule has 114 valence electrons. The lowest BCUT2D eigenvalue weighted by Gasteiger charge is -2.07. The lowest BCUT2D eigenvalue weighted by atomic mass is 10.3. The number of hydrogen-bond acceptors (Lipinski definition) is 5. The van der Waals surface area contributed by atoms with Crippen LogP contribution in [0.5, 0.6) is 0 Å². The number of rotatable bonds is 7. The van der Waals surface area contributed by atoms with Crippen LogP contribution < -0.4 is 10.0 Å². The van der Waals surface area contributed by atoms with Crippen LogP contribution in [0.4, 0.5) is 5.69 Å². The minimum Gasteiger partial charge on any atom is -0.385 e. The van der Waals surface area contributed by atoms with Gasteiger partial charge in [0, 0.05) is 30.6 Å². The first-order chi connectivity index (χ1) is 10.0. The summed E-state index contributed by atoms with van der Waals surface area (Å²) in [5.74, 6) is 0. The van der Waals surface area contributed by atoms with Crippen molar-refractivity contribution >= 4 is 27.0 Å². The van der Waals surface area contributed by atoms with Crippen LogP contribution in [0, 0.1) is 6.92 Å². The van der Waals surface area contributed by atoms with Crippen molar-refractivity contribution in [2.24, 2.45) is 0 Å². The quantitative estimate of drug-likeness (QED) is 0.820. The number of sulfonamides is 1. The zero-order valence-corrected chi connectivity index (χ0v) is 13.7. The lowest BCUT2D eigenvalue weighted by molar-refractivity contribution is 0.584. The van der Waals surface area contributed by atoms with E-state index in [1.54, 1.807) is 42.5 Å². The van der Waals surface area contributed by atoms with Crippen molar-refractivity contribution in [3.8, 4) is 0 Å². The van der Waals surface area contributed by atoms with E-state index >= 15 is 0 Å². The molecular weight excluding hydrogens is 306 g/mol. The van der Waals surface area contributed by atoms with Crippen LogP contribution in [-0.4, -0.2) is 26.5 Å². The molecule has 0 fully saturated rings. The van der Waals surface area contributed by atoms with Gasteiger partial charge >= 0.3 is 0 Å². The van der Waals surface area contributed by atoms with Crippen LogP contribution >= 0.6 is 11.3 Å². The van der Waals surface area contributed by atoms with Crippen LogP contribution in [0.15, 0.2) is 34.5 Å². The molecule has 0 aliphatic rings. The lowest BCUT2D eigenvalue weighted by Crippen LogP contribution is -2.23. The second-order valence-electron chi connectivity index (χ2n) is 4.56. The van der Waals surface area contributed by atoms with Gasteiger partial charge in [-0.3, -0.25) is 0 Å². The number of aromatic nitrogens is 1. The van der Waals surface area contributed by atoms with Crippen molar-refractivity contribution in [1.82, 2.24) is 9.71 Å². The normalized spacial score (nSPS) is 11.5. The van der Waals surface area contributed by atoms with Crippen molar-refractivity contribution < 1.29 is 8.42 Å². The zero-order chi connectivity index (χ0) is 15.3. The summed E-state index contributed by atoms with van der Waals surface area (Å²) < 4.78 is 26.1. The third-order valence-electron chi connectivity index (χ3n) is 2.88. The smallest absolute Gasteiger partial charge is 0.240 e. The Bertz CT molecular complexity index is 678. The summed E-state index contributed by atoms with van der Waals surface area (Å²) >= 11 is 1.65.